The third kappa shape index (κ3) is 2.08. The molecule has 0 atom stereocenters. The maximum Gasteiger partial charge on any atom is 0.293 e. The lowest BCUT2D eigenvalue weighted by Gasteiger charge is -1.93. The first-order valence-corrected chi connectivity index (χ1v) is 5.36. The summed E-state index contributed by atoms with van der Waals surface area (Å²) < 4.78 is 10.2. The summed E-state index contributed by atoms with van der Waals surface area (Å²) in [7, 11) is 0. The van der Waals surface area contributed by atoms with Crippen LogP contribution in [0, 0.1) is 10.1 Å². The number of nitrogens with zero attached hydrogens (tertiary/aromatic N) is 3. The zero-order valence-electron chi connectivity index (χ0n) is 9.52. The smallest absolute Gasteiger partial charge is 0.293 e. The lowest BCUT2D eigenvalue weighted by atomic mass is 10.2. The number of hydrogen-bond acceptors (Lipinski definition) is 6. The Hall–Kier alpha value is -2.96. The number of nitro groups is 1. The van der Waals surface area contributed by atoms with Crippen molar-refractivity contribution < 1.29 is 13.9 Å². The van der Waals surface area contributed by atoms with Gasteiger partial charge in [-0.2, -0.15) is 4.98 Å². The van der Waals surface area contributed by atoms with Crippen LogP contribution in [0.25, 0.3) is 23.0 Å². The first-order chi connectivity index (χ1) is 9.24. The van der Waals surface area contributed by atoms with Crippen molar-refractivity contribution in [3.05, 3.63) is 52.8 Å². The monoisotopic (exact) mass is 257 g/mol. The molecular formula is C12H7N3O4. The van der Waals surface area contributed by atoms with Crippen LogP contribution in [0.5, 0.6) is 0 Å². The number of nitro benzene ring substituents is 1. The molecule has 0 unspecified atom stereocenters. The Kier molecular flexibility index (Phi) is 2.57. The Morgan fingerprint density at radius 1 is 1.16 bits per heavy atom. The van der Waals surface area contributed by atoms with E-state index < -0.39 is 4.92 Å². The van der Waals surface area contributed by atoms with Gasteiger partial charge in [-0.15, -0.1) is 0 Å². The first kappa shape index (κ1) is 11.1. The fraction of sp³-hybridized carbons (Fsp3) is 0. The maximum absolute atomic E-state index is 10.6. The molecule has 0 fully saturated rings. The number of rotatable bonds is 3. The van der Waals surface area contributed by atoms with Crippen LogP contribution in [-0.2, 0) is 0 Å². The van der Waals surface area contributed by atoms with E-state index >= 15 is 0 Å². The van der Waals surface area contributed by atoms with E-state index in [2.05, 4.69) is 10.1 Å². The molecule has 0 aliphatic carbocycles. The molecular weight excluding hydrogens is 250 g/mol. The van der Waals surface area contributed by atoms with Crippen LogP contribution in [0.15, 0.2) is 51.6 Å². The van der Waals surface area contributed by atoms with Gasteiger partial charge >= 0.3 is 0 Å². The molecule has 3 aromatic rings. The molecule has 0 saturated carbocycles. The molecule has 7 heteroatoms. The van der Waals surface area contributed by atoms with Gasteiger partial charge in [0.25, 0.3) is 11.6 Å². The van der Waals surface area contributed by atoms with Crippen molar-refractivity contribution >= 4 is 5.69 Å². The highest BCUT2D eigenvalue weighted by Crippen LogP contribution is 2.23. The Bertz CT molecular complexity index is 701. The van der Waals surface area contributed by atoms with Crippen molar-refractivity contribution in [2.45, 2.75) is 0 Å². The minimum absolute atomic E-state index is 0.0125. The van der Waals surface area contributed by atoms with Gasteiger partial charge in [0.05, 0.1) is 11.2 Å². The van der Waals surface area contributed by atoms with Crippen molar-refractivity contribution in [1.29, 1.82) is 0 Å². The number of aromatic nitrogens is 2. The minimum Gasteiger partial charge on any atom is -0.459 e. The normalized spacial score (nSPS) is 10.5. The van der Waals surface area contributed by atoms with E-state index in [4.69, 9.17) is 8.94 Å². The summed E-state index contributed by atoms with van der Waals surface area (Å²) in [4.78, 5) is 14.2. The van der Waals surface area contributed by atoms with E-state index in [-0.39, 0.29) is 11.6 Å². The standard InChI is InChI=1S/C12H7N3O4/c16-15(17)9-5-3-8(4-6-9)11-13-12(19-14-11)10-2-1-7-18-10/h1-7H. The summed E-state index contributed by atoms with van der Waals surface area (Å²) in [6.07, 6.45) is 1.51. The van der Waals surface area contributed by atoms with Gasteiger partial charge in [-0.3, -0.25) is 10.1 Å². The maximum atomic E-state index is 10.6. The second-order valence-electron chi connectivity index (χ2n) is 3.70. The lowest BCUT2D eigenvalue weighted by Crippen LogP contribution is -1.87. The highest BCUT2D eigenvalue weighted by Gasteiger charge is 2.13. The quantitative estimate of drug-likeness (QED) is 0.528. The molecule has 0 N–H and O–H groups in total. The molecule has 94 valence electrons. The molecule has 0 aliphatic heterocycles. The molecule has 19 heavy (non-hydrogen) atoms. The molecule has 1 aromatic carbocycles. The van der Waals surface area contributed by atoms with Gasteiger partial charge in [-0.05, 0) is 24.3 Å². The predicted molar refractivity (Wildman–Crippen MR) is 64.1 cm³/mol. The molecule has 0 spiro atoms. The van der Waals surface area contributed by atoms with Crippen molar-refractivity contribution in [2.75, 3.05) is 0 Å². The van der Waals surface area contributed by atoms with Crippen molar-refractivity contribution in [3.63, 3.8) is 0 Å². The summed E-state index contributed by atoms with van der Waals surface area (Å²) in [5.41, 5.74) is 0.644. The number of non-ortho nitro benzene ring substituents is 1. The predicted octanol–water partition coefficient (Wildman–Crippen LogP) is 2.90. The number of furan rings is 1. The molecule has 0 amide bonds. The summed E-state index contributed by atoms with van der Waals surface area (Å²) in [5, 5.41) is 14.4. The van der Waals surface area contributed by atoms with E-state index in [1.165, 1.54) is 18.4 Å². The van der Waals surface area contributed by atoms with Gasteiger partial charge in [-0.1, -0.05) is 5.16 Å². The third-order valence-corrected chi connectivity index (χ3v) is 2.49. The first-order valence-electron chi connectivity index (χ1n) is 5.36. The topological polar surface area (TPSA) is 95.2 Å². The molecule has 0 saturated heterocycles. The van der Waals surface area contributed by atoms with E-state index in [0.717, 1.165) is 0 Å². The van der Waals surface area contributed by atoms with Crippen molar-refractivity contribution in [1.82, 2.24) is 10.1 Å². The summed E-state index contributed by atoms with van der Waals surface area (Å²) in [6, 6.07) is 9.32. The Balaban J connectivity index is 1.92. The Morgan fingerprint density at radius 3 is 2.58 bits per heavy atom. The van der Waals surface area contributed by atoms with Crippen LogP contribution in [-0.4, -0.2) is 15.1 Å². The fourth-order valence-corrected chi connectivity index (χ4v) is 1.57. The molecule has 0 radical (unpaired) electrons. The summed E-state index contributed by atoms with van der Waals surface area (Å²) >= 11 is 0. The van der Waals surface area contributed by atoms with E-state index in [0.29, 0.717) is 17.1 Å². The van der Waals surface area contributed by atoms with Crippen LogP contribution in [0.3, 0.4) is 0 Å². The molecule has 0 bridgehead atoms. The molecule has 0 aliphatic rings. The molecule has 7 nitrogen and oxygen atoms in total. The van der Waals surface area contributed by atoms with Gasteiger partial charge in [0.15, 0.2) is 5.76 Å². The highest BCUT2D eigenvalue weighted by atomic mass is 16.6. The summed E-state index contributed by atoms with van der Waals surface area (Å²) in [5.74, 6) is 1.08. The van der Waals surface area contributed by atoms with E-state index in [1.807, 2.05) is 0 Å². The second kappa shape index (κ2) is 4.37. The van der Waals surface area contributed by atoms with Crippen LogP contribution in [0.2, 0.25) is 0 Å². The number of benzene rings is 1. The highest BCUT2D eigenvalue weighted by molar-refractivity contribution is 5.59. The third-order valence-electron chi connectivity index (χ3n) is 2.49. The van der Waals surface area contributed by atoms with E-state index in [9.17, 15) is 10.1 Å². The fourth-order valence-electron chi connectivity index (χ4n) is 1.57. The van der Waals surface area contributed by atoms with Gasteiger partial charge in [0.1, 0.15) is 0 Å². The molecule has 3 rings (SSSR count). The Labute approximate surface area is 106 Å². The van der Waals surface area contributed by atoms with Crippen LogP contribution in [0.4, 0.5) is 5.69 Å². The summed E-state index contributed by atoms with van der Waals surface area (Å²) in [6.45, 7) is 0. The zero-order valence-corrected chi connectivity index (χ0v) is 9.52. The molecule has 2 heterocycles. The number of hydrogen-bond donors (Lipinski definition) is 0. The second-order valence-corrected chi connectivity index (χ2v) is 3.70. The zero-order chi connectivity index (χ0) is 13.2. The van der Waals surface area contributed by atoms with E-state index in [1.54, 1.807) is 24.3 Å². The Morgan fingerprint density at radius 2 is 1.95 bits per heavy atom. The molecule has 2 aromatic heterocycles. The largest absolute Gasteiger partial charge is 0.459 e. The van der Waals surface area contributed by atoms with Crippen LogP contribution < -0.4 is 0 Å². The van der Waals surface area contributed by atoms with Gasteiger partial charge in [0.2, 0.25) is 5.82 Å². The van der Waals surface area contributed by atoms with Gasteiger partial charge < -0.3 is 8.94 Å². The SMILES string of the molecule is O=[N+]([O-])c1ccc(-c2noc(-c3ccco3)n2)cc1. The average Bonchev–Trinajstić information content (AvgIpc) is 3.10. The van der Waals surface area contributed by atoms with Crippen LogP contribution in [0.1, 0.15) is 0 Å². The minimum atomic E-state index is -0.464. The van der Waals surface area contributed by atoms with Gasteiger partial charge in [0, 0.05) is 17.7 Å². The van der Waals surface area contributed by atoms with Crippen molar-refractivity contribution in [3.8, 4) is 23.0 Å². The van der Waals surface area contributed by atoms with Crippen LogP contribution >= 0.6 is 0 Å². The average molecular weight is 257 g/mol. The van der Waals surface area contributed by atoms with Crippen molar-refractivity contribution in [2.24, 2.45) is 0 Å². The van der Waals surface area contributed by atoms with Gasteiger partial charge in [-0.25, -0.2) is 0 Å². The lowest BCUT2D eigenvalue weighted by molar-refractivity contribution is -0.384.